The fourth-order valence-corrected chi connectivity index (χ4v) is 2.08. The van der Waals surface area contributed by atoms with E-state index in [1.54, 1.807) is 6.07 Å². The van der Waals surface area contributed by atoms with Crippen molar-refractivity contribution in [3.05, 3.63) is 70.8 Å². The standard InChI is InChI=1S/C18H11F3N2O3/c19-18(20,21)15-4-2-1-3-12(15)9-13(10-22)16(24)23-14-7-5-11(6-8-14)17(25)26/h1-9H,(H,23,24)(H,25,26)/b13-9+. The maximum absolute atomic E-state index is 13.0. The van der Waals surface area contributed by atoms with E-state index in [0.29, 0.717) is 0 Å². The predicted octanol–water partition coefficient (Wildman–Crippen LogP) is 3.95. The number of aromatic carboxylic acids is 1. The topological polar surface area (TPSA) is 90.2 Å². The molecule has 0 fully saturated rings. The van der Waals surface area contributed by atoms with Crippen LogP contribution in [0.1, 0.15) is 21.5 Å². The second-order valence-corrected chi connectivity index (χ2v) is 5.09. The van der Waals surface area contributed by atoms with Crippen molar-refractivity contribution >= 4 is 23.6 Å². The molecule has 0 spiro atoms. The van der Waals surface area contributed by atoms with E-state index in [9.17, 15) is 22.8 Å². The van der Waals surface area contributed by atoms with Gasteiger partial charge < -0.3 is 10.4 Å². The van der Waals surface area contributed by atoms with Gasteiger partial charge in [-0.05, 0) is 42.0 Å². The number of alkyl halides is 3. The Morgan fingerprint density at radius 3 is 2.23 bits per heavy atom. The molecule has 0 saturated carbocycles. The molecule has 0 aromatic heterocycles. The highest BCUT2D eigenvalue weighted by Gasteiger charge is 2.32. The van der Waals surface area contributed by atoms with Gasteiger partial charge >= 0.3 is 12.1 Å². The Balaban J connectivity index is 2.28. The molecule has 2 N–H and O–H groups in total. The fourth-order valence-electron chi connectivity index (χ4n) is 2.08. The third-order valence-electron chi connectivity index (χ3n) is 3.32. The Labute approximate surface area is 146 Å². The molecule has 0 radical (unpaired) electrons. The number of amides is 1. The first-order valence-electron chi connectivity index (χ1n) is 7.15. The first-order chi connectivity index (χ1) is 12.2. The molecule has 2 rings (SSSR count). The summed E-state index contributed by atoms with van der Waals surface area (Å²) < 4.78 is 39.0. The number of carbonyl (C=O) groups is 2. The van der Waals surface area contributed by atoms with Crippen LogP contribution in [-0.4, -0.2) is 17.0 Å². The summed E-state index contributed by atoms with van der Waals surface area (Å²) in [7, 11) is 0. The van der Waals surface area contributed by atoms with Crippen molar-refractivity contribution < 1.29 is 27.9 Å². The van der Waals surface area contributed by atoms with Gasteiger partial charge in [0.1, 0.15) is 11.6 Å². The number of anilines is 1. The second kappa shape index (κ2) is 7.53. The molecule has 0 aliphatic carbocycles. The molecule has 0 aliphatic rings. The Hall–Kier alpha value is -3.60. The van der Waals surface area contributed by atoms with E-state index in [-0.39, 0.29) is 16.8 Å². The van der Waals surface area contributed by atoms with Crippen LogP contribution in [-0.2, 0) is 11.0 Å². The van der Waals surface area contributed by atoms with E-state index in [0.717, 1.165) is 18.2 Å². The highest BCUT2D eigenvalue weighted by molar-refractivity contribution is 6.09. The van der Waals surface area contributed by atoms with E-state index in [1.807, 2.05) is 0 Å². The number of carboxylic acid groups (broad SMARTS) is 1. The zero-order valence-corrected chi connectivity index (χ0v) is 13.0. The lowest BCUT2D eigenvalue weighted by Crippen LogP contribution is -2.14. The number of rotatable bonds is 4. The van der Waals surface area contributed by atoms with Crippen molar-refractivity contribution in [1.82, 2.24) is 0 Å². The molecule has 0 heterocycles. The molecule has 1 amide bonds. The number of halogens is 3. The molecular formula is C18H11F3N2O3. The van der Waals surface area contributed by atoms with Gasteiger partial charge in [-0.1, -0.05) is 18.2 Å². The number of nitrogens with zero attached hydrogens (tertiary/aromatic N) is 1. The highest BCUT2D eigenvalue weighted by atomic mass is 19.4. The largest absolute Gasteiger partial charge is 0.478 e. The zero-order valence-electron chi connectivity index (χ0n) is 13.0. The van der Waals surface area contributed by atoms with Gasteiger partial charge in [0.25, 0.3) is 5.91 Å². The molecule has 8 heteroatoms. The number of carboxylic acids is 1. The van der Waals surface area contributed by atoms with Gasteiger partial charge in [0.05, 0.1) is 11.1 Å². The molecule has 132 valence electrons. The van der Waals surface area contributed by atoms with Gasteiger partial charge in [-0.2, -0.15) is 18.4 Å². The van der Waals surface area contributed by atoms with Gasteiger partial charge in [-0.15, -0.1) is 0 Å². The molecule has 0 aliphatic heterocycles. The first-order valence-corrected chi connectivity index (χ1v) is 7.15. The predicted molar refractivity (Wildman–Crippen MR) is 87.1 cm³/mol. The monoisotopic (exact) mass is 360 g/mol. The SMILES string of the molecule is N#C/C(=C\c1ccccc1C(F)(F)F)C(=O)Nc1ccc(C(=O)O)cc1. The molecule has 0 saturated heterocycles. The molecule has 2 aromatic carbocycles. The average molecular weight is 360 g/mol. The van der Waals surface area contributed by atoms with Crippen molar-refractivity contribution in [2.45, 2.75) is 6.18 Å². The molecular weight excluding hydrogens is 349 g/mol. The summed E-state index contributed by atoms with van der Waals surface area (Å²) in [5.74, 6) is -2.06. The van der Waals surface area contributed by atoms with E-state index in [4.69, 9.17) is 10.4 Å². The van der Waals surface area contributed by atoms with Crippen LogP contribution in [0.3, 0.4) is 0 Å². The third kappa shape index (κ3) is 4.48. The van der Waals surface area contributed by atoms with E-state index < -0.39 is 29.2 Å². The van der Waals surface area contributed by atoms with Crippen LogP contribution in [0.15, 0.2) is 54.1 Å². The molecule has 26 heavy (non-hydrogen) atoms. The molecule has 0 atom stereocenters. The lowest BCUT2D eigenvalue weighted by Gasteiger charge is -2.10. The summed E-state index contributed by atoms with van der Waals surface area (Å²) in [5.41, 5.74) is -1.60. The van der Waals surface area contributed by atoms with Gasteiger partial charge in [-0.25, -0.2) is 4.79 Å². The minimum atomic E-state index is -4.63. The molecule has 0 unspecified atom stereocenters. The Morgan fingerprint density at radius 1 is 1.08 bits per heavy atom. The van der Waals surface area contributed by atoms with Crippen LogP contribution in [0.4, 0.5) is 18.9 Å². The fraction of sp³-hybridized carbons (Fsp3) is 0.0556. The van der Waals surface area contributed by atoms with Crippen LogP contribution >= 0.6 is 0 Å². The summed E-state index contributed by atoms with van der Waals surface area (Å²) in [5, 5.41) is 20.3. The maximum Gasteiger partial charge on any atom is 0.416 e. The van der Waals surface area contributed by atoms with Crippen LogP contribution in [0.25, 0.3) is 6.08 Å². The second-order valence-electron chi connectivity index (χ2n) is 5.09. The Kier molecular flexibility index (Phi) is 5.42. The first kappa shape index (κ1) is 18.7. The number of hydrogen-bond acceptors (Lipinski definition) is 3. The average Bonchev–Trinajstić information content (AvgIpc) is 2.59. The number of benzene rings is 2. The minimum Gasteiger partial charge on any atom is -0.478 e. The summed E-state index contributed by atoms with van der Waals surface area (Å²) in [6.45, 7) is 0. The lowest BCUT2D eigenvalue weighted by atomic mass is 10.0. The summed E-state index contributed by atoms with van der Waals surface area (Å²) >= 11 is 0. The van der Waals surface area contributed by atoms with Crippen molar-refractivity contribution in [3.63, 3.8) is 0 Å². The van der Waals surface area contributed by atoms with Gasteiger partial charge in [0, 0.05) is 5.69 Å². The van der Waals surface area contributed by atoms with Crippen molar-refractivity contribution in [2.24, 2.45) is 0 Å². The van der Waals surface area contributed by atoms with Crippen LogP contribution in [0.2, 0.25) is 0 Å². The summed E-state index contributed by atoms with van der Waals surface area (Å²) in [6, 6.07) is 11.2. The number of nitrogens with one attached hydrogen (secondary N) is 1. The van der Waals surface area contributed by atoms with E-state index in [1.165, 1.54) is 36.4 Å². The van der Waals surface area contributed by atoms with Gasteiger partial charge in [0.2, 0.25) is 0 Å². The number of carbonyl (C=O) groups excluding carboxylic acids is 1. The highest BCUT2D eigenvalue weighted by Crippen LogP contribution is 2.32. The van der Waals surface area contributed by atoms with Crippen LogP contribution < -0.4 is 5.32 Å². The quantitative estimate of drug-likeness (QED) is 0.638. The number of hydrogen-bond donors (Lipinski definition) is 2. The molecule has 0 bridgehead atoms. The van der Waals surface area contributed by atoms with Crippen LogP contribution in [0, 0.1) is 11.3 Å². The third-order valence-corrected chi connectivity index (χ3v) is 3.32. The molecule has 2 aromatic rings. The summed E-state index contributed by atoms with van der Waals surface area (Å²) in [6.07, 6.45) is -3.78. The minimum absolute atomic E-state index is 0.00171. The van der Waals surface area contributed by atoms with E-state index >= 15 is 0 Å². The molecule has 5 nitrogen and oxygen atoms in total. The lowest BCUT2D eigenvalue weighted by molar-refractivity contribution is -0.137. The van der Waals surface area contributed by atoms with Gasteiger partial charge in [-0.3, -0.25) is 4.79 Å². The Bertz CT molecular complexity index is 911. The van der Waals surface area contributed by atoms with E-state index in [2.05, 4.69) is 5.32 Å². The van der Waals surface area contributed by atoms with Crippen molar-refractivity contribution in [1.29, 1.82) is 5.26 Å². The van der Waals surface area contributed by atoms with Crippen LogP contribution in [0.5, 0.6) is 0 Å². The van der Waals surface area contributed by atoms with Gasteiger partial charge in [0.15, 0.2) is 0 Å². The smallest absolute Gasteiger partial charge is 0.416 e. The normalized spacial score (nSPS) is 11.5. The maximum atomic E-state index is 13.0. The Morgan fingerprint density at radius 2 is 1.69 bits per heavy atom. The number of nitriles is 1. The van der Waals surface area contributed by atoms with Crippen molar-refractivity contribution in [3.8, 4) is 6.07 Å². The zero-order chi connectivity index (χ0) is 19.3. The van der Waals surface area contributed by atoms with Crippen molar-refractivity contribution in [2.75, 3.05) is 5.32 Å². The summed E-state index contributed by atoms with van der Waals surface area (Å²) in [4.78, 5) is 22.9.